The van der Waals surface area contributed by atoms with Crippen LogP contribution < -0.4 is 21.6 Å². The van der Waals surface area contributed by atoms with Crippen LogP contribution >= 0.6 is 0 Å². The van der Waals surface area contributed by atoms with Crippen LogP contribution in [0.1, 0.15) is 16.1 Å². The van der Waals surface area contributed by atoms with Gasteiger partial charge < -0.3 is 9.90 Å². The van der Waals surface area contributed by atoms with Crippen LogP contribution in [0.4, 0.5) is 11.5 Å². The molecule has 1 aromatic heterocycles. The molecule has 0 spiro atoms. The van der Waals surface area contributed by atoms with Gasteiger partial charge in [-0.2, -0.15) is 10.1 Å². The third kappa shape index (κ3) is 3.06. The van der Waals surface area contributed by atoms with Gasteiger partial charge in [-0.15, -0.1) is 0 Å². The van der Waals surface area contributed by atoms with Crippen molar-refractivity contribution >= 4 is 17.5 Å². The summed E-state index contributed by atoms with van der Waals surface area (Å²) < 4.78 is 0. The van der Waals surface area contributed by atoms with Gasteiger partial charge in [-0.3, -0.25) is 10.9 Å². The van der Waals surface area contributed by atoms with Crippen molar-refractivity contribution in [3.8, 4) is 0 Å². The number of hydrazine groups is 1. The highest BCUT2D eigenvalue weighted by atomic mass is 16.4. The minimum Gasteiger partial charge on any atom is -0.545 e. The molecule has 0 aliphatic heterocycles. The highest BCUT2D eigenvalue weighted by molar-refractivity contribution is 5.86. The van der Waals surface area contributed by atoms with Crippen molar-refractivity contribution in [1.29, 1.82) is 0 Å². The number of carbonyl (C=O) groups excluding carboxylic acids is 1. The lowest BCUT2D eigenvalue weighted by molar-refractivity contribution is -0.255. The molecule has 0 bridgehead atoms. The van der Waals surface area contributed by atoms with Crippen LogP contribution in [0.5, 0.6) is 0 Å². The number of rotatable bonds is 4. The van der Waals surface area contributed by atoms with Crippen molar-refractivity contribution < 1.29 is 9.90 Å². The number of anilines is 2. The fourth-order valence-electron chi connectivity index (χ4n) is 1.33. The summed E-state index contributed by atoms with van der Waals surface area (Å²) in [5.41, 5.74) is 6.12. The molecule has 0 saturated heterocycles. The maximum Gasteiger partial charge on any atom is 0.363 e. The number of nitrogens with one attached hydrogen (secondary N) is 3. The minimum atomic E-state index is -1.24. The Morgan fingerprint density at radius 1 is 1.26 bits per heavy atom. The molecule has 8 heteroatoms. The lowest BCUT2D eigenvalue weighted by Crippen LogP contribution is -2.22. The van der Waals surface area contributed by atoms with E-state index >= 15 is 0 Å². The number of H-pyrrole nitrogens is 1. The number of aromatic amines is 1. The van der Waals surface area contributed by atoms with Gasteiger partial charge in [0.2, 0.25) is 0 Å². The quantitative estimate of drug-likeness (QED) is 0.619. The zero-order valence-corrected chi connectivity index (χ0v) is 9.93. The zero-order chi connectivity index (χ0) is 13.8. The maximum atomic E-state index is 11.0. The third-order valence-electron chi connectivity index (χ3n) is 2.32. The molecule has 2 rings (SSSR count). The van der Waals surface area contributed by atoms with Crippen molar-refractivity contribution in [3.05, 3.63) is 46.0 Å². The minimum absolute atomic E-state index is 0.0812. The van der Waals surface area contributed by atoms with Crippen LogP contribution in [0, 0.1) is 6.92 Å². The van der Waals surface area contributed by atoms with Crippen molar-refractivity contribution in [2.75, 3.05) is 10.9 Å². The lowest BCUT2D eigenvalue weighted by Gasteiger charge is -2.10. The van der Waals surface area contributed by atoms with Gasteiger partial charge in [0.05, 0.1) is 11.7 Å². The van der Waals surface area contributed by atoms with Crippen molar-refractivity contribution in [2.45, 2.75) is 6.92 Å². The maximum absolute atomic E-state index is 11.0. The predicted molar refractivity (Wildman–Crippen MR) is 65.4 cm³/mol. The van der Waals surface area contributed by atoms with Gasteiger partial charge in [0.15, 0.2) is 5.82 Å². The van der Waals surface area contributed by atoms with Crippen LogP contribution in [-0.4, -0.2) is 21.2 Å². The zero-order valence-electron chi connectivity index (χ0n) is 9.93. The number of carboxylic acid groups (broad SMARTS) is 1. The standard InChI is InChI=1S/C11H11N5O3/c1-6-9(12-11(19)16-13-6)15-14-8-4-2-7(3-5-8)10(17)18/h2-5,14H,1H3,(H,17,18)(H2,12,15,16,19)/p-1. The van der Waals surface area contributed by atoms with E-state index in [9.17, 15) is 14.7 Å². The molecule has 1 aromatic carbocycles. The van der Waals surface area contributed by atoms with Crippen LogP contribution in [0.15, 0.2) is 29.1 Å². The molecule has 0 fully saturated rings. The number of aromatic carboxylic acids is 1. The monoisotopic (exact) mass is 260 g/mol. The number of carboxylic acids is 1. The molecule has 8 nitrogen and oxygen atoms in total. The summed E-state index contributed by atoms with van der Waals surface area (Å²) >= 11 is 0. The van der Waals surface area contributed by atoms with E-state index in [0.717, 1.165) is 0 Å². The fourth-order valence-corrected chi connectivity index (χ4v) is 1.33. The second-order valence-corrected chi connectivity index (χ2v) is 3.69. The molecule has 0 aliphatic carbocycles. The average Bonchev–Trinajstić information content (AvgIpc) is 2.40. The van der Waals surface area contributed by atoms with E-state index in [2.05, 4.69) is 26.0 Å². The van der Waals surface area contributed by atoms with Gasteiger partial charge in [-0.25, -0.2) is 9.89 Å². The SMILES string of the molecule is Cc1n[nH]c(=O)nc1NNc1ccc(C(=O)[O-])cc1. The van der Waals surface area contributed by atoms with E-state index in [4.69, 9.17) is 0 Å². The molecular formula is C11H10N5O3-. The Morgan fingerprint density at radius 2 is 1.95 bits per heavy atom. The second kappa shape index (κ2) is 5.17. The van der Waals surface area contributed by atoms with Crippen LogP contribution in [-0.2, 0) is 0 Å². The number of hydrogen-bond acceptors (Lipinski definition) is 7. The molecule has 0 saturated carbocycles. The van der Waals surface area contributed by atoms with Gasteiger partial charge in [-0.1, -0.05) is 12.1 Å². The molecule has 0 amide bonds. The van der Waals surface area contributed by atoms with E-state index in [1.807, 2.05) is 0 Å². The highest BCUT2D eigenvalue weighted by Crippen LogP contribution is 2.10. The van der Waals surface area contributed by atoms with Gasteiger partial charge in [0.25, 0.3) is 0 Å². The van der Waals surface area contributed by atoms with Crippen LogP contribution in [0.25, 0.3) is 0 Å². The summed E-state index contributed by atoms with van der Waals surface area (Å²) in [5, 5.41) is 16.5. The molecule has 98 valence electrons. The lowest BCUT2D eigenvalue weighted by atomic mass is 10.2. The molecule has 2 aromatic rings. The number of aromatic nitrogens is 3. The topological polar surface area (TPSA) is 123 Å². The number of carbonyl (C=O) groups is 1. The first-order chi connectivity index (χ1) is 9.06. The fraction of sp³-hybridized carbons (Fsp3) is 0.0909. The van der Waals surface area contributed by atoms with Crippen LogP contribution in [0.3, 0.4) is 0 Å². The summed E-state index contributed by atoms with van der Waals surface area (Å²) in [5.74, 6) is -0.955. The molecule has 19 heavy (non-hydrogen) atoms. The molecule has 1 heterocycles. The number of benzene rings is 1. The largest absolute Gasteiger partial charge is 0.545 e. The molecule has 0 aliphatic rings. The Morgan fingerprint density at radius 3 is 2.58 bits per heavy atom. The number of aryl methyl sites for hydroxylation is 1. The van der Waals surface area contributed by atoms with Crippen LogP contribution in [0.2, 0.25) is 0 Å². The number of nitrogens with zero attached hydrogens (tertiary/aromatic N) is 2. The first-order valence-corrected chi connectivity index (χ1v) is 5.33. The Hall–Kier alpha value is -2.90. The smallest absolute Gasteiger partial charge is 0.363 e. The second-order valence-electron chi connectivity index (χ2n) is 3.69. The van der Waals surface area contributed by atoms with Crippen molar-refractivity contribution in [2.24, 2.45) is 0 Å². The van der Waals surface area contributed by atoms with Gasteiger partial charge >= 0.3 is 5.69 Å². The summed E-state index contributed by atoms with van der Waals surface area (Å²) in [6.07, 6.45) is 0. The molecule has 3 N–H and O–H groups in total. The third-order valence-corrected chi connectivity index (χ3v) is 2.32. The van der Waals surface area contributed by atoms with Gasteiger partial charge in [0, 0.05) is 0 Å². The van der Waals surface area contributed by atoms with E-state index in [1.54, 1.807) is 19.1 Å². The normalized spacial score (nSPS) is 9.95. The Balaban J connectivity index is 2.08. The summed E-state index contributed by atoms with van der Waals surface area (Å²) in [6, 6.07) is 5.90. The van der Waals surface area contributed by atoms with E-state index in [1.165, 1.54) is 12.1 Å². The van der Waals surface area contributed by atoms with Crippen molar-refractivity contribution in [1.82, 2.24) is 15.2 Å². The highest BCUT2D eigenvalue weighted by Gasteiger charge is 2.01. The van der Waals surface area contributed by atoms with Crippen molar-refractivity contribution in [3.63, 3.8) is 0 Å². The van der Waals surface area contributed by atoms with E-state index in [-0.39, 0.29) is 11.4 Å². The summed E-state index contributed by atoms with van der Waals surface area (Å²) in [4.78, 5) is 25.3. The van der Waals surface area contributed by atoms with E-state index < -0.39 is 11.7 Å². The summed E-state index contributed by atoms with van der Waals surface area (Å²) in [6.45, 7) is 1.67. The Bertz CT molecular complexity index is 650. The van der Waals surface area contributed by atoms with Gasteiger partial charge in [0.1, 0.15) is 5.69 Å². The molecule has 0 unspecified atom stereocenters. The first kappa shape index (κ1) is 12.6. The van der Waals surface area contributed by atoms with Gasteiger partial charge in [-0.05, 0) is 24.6 Å². The summed E-state index contributed by atoms with van der Waals surface area (Å²) in [7, 11) is 0. The number of hydrogen-bond donors (Lipinski definition) is 3. The Labute approximate surface area is 107 Å². The molecule has 0 atom stereocenters. The van der Waals surface area contributed by atoms with E-state index in [0.29, 0.717) is 11.4 Å². The molecular weight excluding hydrogens is 250 g/mol. The Kier molecular flexibility index (Phi) is 3.42. The molecule has 0 radical (unpaired) electrons. The average molecular weight is 260 g/mol. The first-order valence-electron chi connectivity index (χ1n) is 5.33. The predicted octanol–water partition coefficient (Wildman–Crippen LogP) is -0.724.